The maximum Gasteiger partial charge on any atom is 0.124 e. The molecule has 68 valence electrons. The van der Waals surface area contributed by atoms with Gasteiger partial charge in [0.15, 0.2) is 0 Å². The van der Waals surface area contributed by atoms with E-state index in [1.807, 2.05) is 6.08 Å². The number of hydrogen-bond acceptors (Lipinski definition) is 2. The molecule has 3 heteroatoms. The predicted molar refractivity (Wildman–Crippen MR) is 52.8 cm³/mol. The fourth-order valence-corrected chi connectivity index (χ4v) is 0.639. The third-order valence-corrected chi connectivity index (χ3v) is 1.74. The predicted octanol–water partition coefficient (Wildman–Crippen LogP) is 1.37. The molecule has 0 saturated carbocycles. The molecule has 0 aromatic carbocycles. The summed E-state index contributed by atoms with van der Waals surface area (Å²) in [5.74, 6) is 0.511. The zero-order valence-corrected chi connectivity index (χ0v) is 7.67. The second-order valence-electron chi connectivity index (χ2n) is 2.78. The fourth-order valence-electron chi connectivity index (χ4n) is 0.639. The molecule has 0 fully saturated rings. The summed E-state index contributed by atoms with van der Waals surface area (Å²) in [6.45, 7) is 4.21. The van der Waals surface area contributed by atoms with Gasteiger partial charge in [0.1, 0.15) is 5.84 Å². The van der Waals surface area contributed by atoms with Crippen LogP contribution in [-0.4, -0.2) is 5.84 Å². The van der Waals surface area contributed by atoms with Gasteiger partial charge in [-0.25, -0.2) is 0 Å². The third kappa shape index (κ3) is 3.81. The van der Waals surface area contributed by atoms with Gasteiger partial charge in [0, 0.05) is 11.8 Å². The molecule has 0 spiro atoms. The van der Waals surface area contributed by atoms with E-state index >= 15 is 0 Å². The molecule has 0 rings (SSSR count). The normalized spacial score (nSPS) is 15.0. The second kappa shape index (κ2) is 5.41. The molecule has 12 heavy (non-hydrogen) atoms. The lowest BCUT2D eigenvalue weighted by Gasteiger charge is -2.01. The summed E-state index contributed by atoms with van der Waals surface area (Å²) >= 11 is 0. The van der Waals surface area contributed by atoms with Gasteiger partial charge in [0.25, 0.3) is 0 Å². The first kappa shape index (κ1) is 10.8. The summed E-state index contributed by atoms with van der Waals surface area (Å²) in [4.78, 5) is 0. The molecule has 0 aliphatic heterocycles. The lowest BCUT2D eigenvalue weighted by molar-refractivity contribution is 0.698. The summed E-state index contributed by atoms with van der Waals surface area (Å²) in [6, 6.07) is 0. The summed E-state index contributed by atoms with van der Waals surface area (Å²) in [7, 11) is 0. The van der Waals surface area contributed by atoms with Crippen molar-refractivity contribution in [1.82, 2.24) is 0 Å². The molecule has 0 aliphatic carbocycles. The molecule has 1 atom stereocenters. The Morgan fingerprint density at radius 2 is 2.17 bits per heavy atom. The summed E-state index contributed by atoms with van der Waals surface area (Å²) in [6.07, 6.45) is 6.21. The van der Waals surface area contributed by atoms with E-state index in [-0.39, 0.29) is 5.84 Å². The van der Waals surface area contributed by atoms with Crippen LogP contribution in [0.2, 0.25) is 0 Å². The number of nitrogens with one attached hydrogen (secondary N) is 1. The zero-order valence-electron chi connectivity index (χ0n) is 7.67. The average Bonchev–Trinajstić information content (AvgIpc) is 2.04. The molecule has 0 aliphatic rings. The van der Waals surface area contributed by atoms with Crippen molar-refractivity contribution in [2.45, 2.75) is 20.3 Å². The van der Waals surface area contributed by atoms with E-state index in [1.54, 1.807) is 6.08 Å². The number of nitrogens with two attached hydrogens (primary N) is 2. The Hall–Kier alpha value is -1.25. The Kier molecular flexibility index (Phi) is 4.84. The minimum absolute atomic E-state index is 0.0112. The van der Waals surface area contributed by atoms with E-state index in [4.69, 9.17) is 16.9 Å². The number of rotatable bonds is 4. The second-order valence-corrected chi connectivity index (χ2v) is 2.78. The van der Waals surface area contributed by atoms with Crippen molar-refractivity contribution in [1.29, 1.82) is 5.41 Å². The van der Waals surface area contributed by atoms with Gasteiger partial charge in [-0.15, -0.1) is 0 Å². The maximum atomic E-state index is 7.13. The molecule has 5 N–H and O–H groups in total. The van der Waals surface area contributed by atoms with Crippen LogP contribution in [0.3, 0.4) is 0 Å². The van der Waals surface area contributed by atoms with Gasteiger partial charge in [-0.1, -0.05) is 32.4 Å². The molecule has 0 bridgehead atoms. The smallest absolute Gasteiger partial charge is 0.124 e. The first-order valence-corrected chi connectivity index (χ1v) is 4.06. The molecule has 0 aromatic rings. The Morgan fingerprint density at radius 1 is 1.58 bits per heavy atom. The Labute approximate surface area is 73.6 Å². The van der Waals surface area contributed by atoms with Gasteiger partial charge in [-0.3, -0.25) is 5.41 Å². The maximum absolute atomic E-state index is 7.13. The van der Waals surface area contributed by atoms with Crippen LogP contribution in [0.1, 0.15) is 20.3 Å². The highest BCUT2D eigenvalue weighted by atomic mass is 14.7. The van der Waals surface area contributed by atoms with Gasteiger partial charge < -0.3 is 11.5 Å². The number of allylic oxidation sites excluding steroid dienone is 1. The molecule has 0 amide bonds. The van der Waals surface area contributed by atoms with E-state index in [0.29, 0.717) is 11.5 Å². The summed E-state index contributed by atoms with van der Waals surface area (Å²) < 4.78 is 0. The fraction of sp³-hybridized carbons (Fsp3) is 0.444. The molecule has 0 saturated heterocycles. The zero-order chi connectivity index (χ0) is 9.56. The highest BCUT2D eigenvalue weighted by Crippen LogP contribution is 2.04. The number of hydrogen-bond donors (Lipinski definition) is 3. The van der Waals surface area contributed by atoms with E-state index in [9.17, 15) is 0 Å². The van der Waals surface area contributed by atoms with Crippen molar-refractivity contribution in [2.75, 3.05) is 0 Å². The van der Waals surface area contributed by atoms with Crippen molar-refractivity contribution in [3.05, 3.63) is 23.9 Å². The molecule has 1 unspecified atom stereocenters. The van der Waals surface area contributed by atoms with Crippen LogP contribution in [0.5, 0.6) is 0 Å². The van der Waals surface area contributed by atoms with Crippen LogP contribution in [0.4, 0.5) is 0 Å². The lowest BCUT2D eigenvalue weighted by Crippen LogP contribution is -2.12. The minimum atomic E-state index is 0.0112. The Balaban J connectivity index is 4.22. The van der Waals surface area contributed by atoms with Crippen LogP contribution in [0.25, 0.3) is 0 Å². The molecule has 3 nitrogen and oxygen atoms in total. The highest BCUT2D eigenvalue weighted by Gasteiger charge is 1.95. The topological polar surface area (TPSA) is 75.9 Å². The highest BCUT2D eigenvalue weighted by molar-refractivity contribution is 5.96. The summed E-state index contributed by atoms with van der Waals surface area (Å²) in [5.41, 5.74) is 11.1. The average molecular weight is 167 g/mol. The van der Waals surface area contributed by atoms with Crippen LogP contribution in [0.15, 0.2) is 23.9 Å². The van der Waals surface area contributed by atoms with Crippen molar-refractivity contribution in [3.63, 3.8) is 0 Å². The Morgan fingerprint density at radius 3 is 2.50 bits per heavy atom. The number of amidine groups is 1. The molecule has 0 heterocycles. The van der Waals surface area contributed by atoms with Crippen molar-refractivity contribution < 1.29 is 0 Å². The van der Waals surface area contributed by atoms with Gasteiger partial charge >= 0.3 is 0 Å². The molecule has 0 radical (unpaired) electrons. The summed E-state index contributed by atoms with van der Waals surface area (Å²) in [5, 5.41) is 7.13. The molecular formula is C9H17N3. The van der Waals surface area contributed by atoms with E-state index < -0.39 is 0 Å². The first-order valence-electron chi connectivity index (χ1n) is 4.06. The largest absolute Gasteiger partial charge is 0.404 e. The Bertz CT molecular complexity index is 204. The van der Waals surface area contributed by atoms with Gasteiger partial charge in [0.2, 0.25) is 0 Å². The van der Waals surface area contributed by atoms with E-state index in [0.717, 1.165) is 6.42 Å². The minimum Gasteiger partial charge on any atom is -0.404 e. The van der Waals surface area contributed by atoms with Crippen molar-refractivity contribution >= 4 is 5.84 Å². The SMILES string of the molecule is CCC(C)/C=C\C(=C/N)C(=N)N. The quantitative estimate of drug-likeness (QED) is 0.336. The third-order valence-electron chi connectivity index (χ3n) is 1.74. The van der Waals surface area contributed by atoms with Crippen molar-refractivity contribution in [2.24, 2.45) is 17.4 Å². The van der Waals surface area contributed by atoms with Crippen LogP contribution in [0, 0.1) is 11.3 Å². The molecular weight excluding hydrogens is 150 g/mol. The van der Waals surface area contributed by atoms with E-state index in [2.05, 4.69) is 13.8 Å². The molecule has 0 aromatic heterocycles. The first-order chi connectivity index (χ1) is 5.61. The van der Waals surface area contributed by atoms with Crippen LogP contribution >= 0.6 is 0 Å². The van der Waals surface area contributed by atoms with Crippen molar-refractivity contribution in [3.8, 4) is 0 Å². The van der Waals surface area contributed by atoms with Crippen LogP contribution in [-0.2, 0) is 0 Å². The van der Waals surface area contributed by atoms with Gasteiger partial charge in [-0.05, 0) is 5.92 Å². The monoisotopic (exact) mass is 167 g/mol. The van der Waals surface area contributed by atoms with Gasteiger partial charge in [0.05, 0.1) is 0 Å². The van der Waals surface area contributed by atoms with E-state index in [1.165, 1.54) is 6.20 Å². The standard InChI is InChI=1S/C9H17N3/c1-3-7(2)4-5-8(6-10)9(11)12/h4-7H,3,10H2,1-2H3,(H3,11,12)/b5-4-,8-6+. The van der Waals surface area contributed by atoms with Crippen LogP contribution < -0.4 is 11.5 Å². The van der Waals surface area contributed by atoms with Gasteiger partial charge in [-0.2, -0.15) is 0 Å². The lowest BCUT2D eigenvalue weighted by atomic mass is 10.1.